The van der Waals surface area contributed by atoms with E-state index in [2.05, 4.69) is 26.7 Å². The number of likely N-dealkylation sites (tertiary alicyclic amines) is 2. The summed E-state index contributed by atoms with van der Waals surface area (Å²) in [6, 6.07) is 5.98. The highest BCUT2D eigenvalue weighted by atomic mass is 35.5. The number of carbonyl (C=O) groups is 4. The zero-order valence-electron chi connectivity index (χ0n) is 33.9. The number of H-pyrrole nitrogens is 2. The van der Waals surface area contributed by atoms with Gasteiger partial charge < -0.3 is 49.3 Å². The summed E-state index contributed by atoms with van der Waals surface area (Å²) in [4.78, 5) is 71.4. The Bertz CT molecular complexity index is 2250. The van der Waals surface area contributed by atoms with E-state index in [1.807, 2.05) is 45.9 Å². The maximum atomic E-state index is 13.7. The van der Waals surface area contributed by atoms with Gasteiger partial charge in [-0.3, -0.25) is 9.59 Å². The molecular formula is C42H49ClN8O8. The topological polar surface area (TPSA) is 193 Å². The number of halogens is 1. The highest BCUT2D eigenvalue weighted by Crippen LogP contribution is 2.51. The summed E-state index contributed by atoms with van der Waals surface area (Å²) in [5.41, 5.74) is 6.80. The number of amides is 4. The minimum Gasteiger partial charge on any atom is -0.488 e. The molecule has 16 nitrogen and oxygen atoms in total. The number of rotatable bonds is 10. The fourth-order valence-corrected chi connectivity index (χ4v) is 8.98. The fraction of sp³-hybridized carbons (Fsp3) is 0.476. The van der Waals surface area contributed by atoms with Gasteiger partial charge in [-0.1, -0.05) is 39.3 Å². The van der Waals surface area contributed by atoms with Crippen LogP contribution in [0, 0.1) is 11.8 Å². The number of alkyl carbamates (subject to hydrolysis) is 2. The van der Waals surface area contributed by atoms with Crippen molar-refractivity contribution in [1.29, 1.82) is 0 Å². The van der Waals surface area contributed by atoms with Crippen LogP contribution >= 0.6 is 11.6 Å². The Morgan fingerprint density at radius 3 is 1.80 bits per heavy atom. The zero-order valence-corrected chi connectivity index (χ0v) is 34.7. The summed E-state index contributed by atoms with van der Waals surface area (Å²) in [7, 11) is 2.56. The molecule has 0 saturated carbocycles. The lowest BCUT2D eigenvalue weighted by Gasteiger charge is -2.30. The van der Waals surface area contributed by atoms with Gasteiger partial charge in [0, 0.05) is 46.5 Å². The Morgan fingerprint density at radius 1 is 0.763 bits per heavy atom. The summed E-state index contributed by atoms with van der Waals surface area (Å²) in [6.45, 7) is 9.23. The van der Waals surface area contributed by atoms with E-state index in [4.69, 9.17) is 40.5 Å². The molecule has 2 fully saturated rings. The van der Waals surface area contributed by atoms with Gasteiger partial charge in [-0.2, -0.15) is 0 Å². The fourth-order valence-electron chi connectivity index (χ4n) is 8.73. The van der Waals surface area contributed by atoms with Crippen LogP contribution < -0.4 is 20.1 Å². The number of aromatic amines is 2. The van der Waals surface area contributed by atoms with Crippen molar-refractivity contribution in [3.05, 3.63) is 58.4 Å². The van der Waals surface area contributed by atoms with Gasteiger partial charge in [0.25, 0.3) is 0 Å². The lowest BCUT2D eigenvalue weighted by Crippen LogP contribution is -2.51. The predicted octanol–water partition coefficient (Wildman–Crippen LogP) is 6.66. The summed E-state index contributed by atoms with van der Waals surface area (Å²) in [5, 5.41) is 5.73. The number of hydrogen-bond acceptors (Lipinski definition) is 10. The van der Waals surface area contributed by atoms with Crippen molar-refractivity contribution >= 4 is 35.6 Å². The Hall–Kier alpha value is -5.77. The third-order valence-electron chi connectivity index (χ3n) is 11.7. The number of benzene rings is 2. The molecule has 4 atom stereocenters. The van der Waals surface area contributed by atoms with Gasteiger partial charge >= 0.3 is 12.2 Å². The number of aromatic nitrogens is 4. The molecule has 4 aliphatic rings. The van der Waals surface area contributed by atoms with Gasteiger partial charge in [0.2, 0.25) is 11.8 Å². The van der Waals surface area contributed by atoms with Crippen molar-refractivity contribution in [2.45, 2.75) is 90.8 Å². The van der Waals surface area contributed by atoms with E-state index in [1.54, 1.807) is 16.0 Å². The number of imidazole rings is 2. The molecule has 0 bridgehead atoms. The van der Waals surface area contributed by atoms with Gasteiger partial charge in [0.1, 0.15) is 59.3 Å². The first kappa shape index (κ1) is 40.0. The third-order valence-corrected chi connectivity index (χ3v) is 12.0. The minimum absolute atomic E-state index is 0.132. The number of ether oxygens (including phenoxy) is 4. The molecule has 0 spiro atoms. The monoisotopic (exact) mass is 828 g/mol. The molecule has 4 aromatic rings. The van der Waals surface area contributed by atoms with Crippen molar-refractivity contribution in [2.24, 2.45) is 11.8 Å². The van der Waals surface area contributed by atoms with Crippen molar-refractivity contribution in [2.75, 3.05) is 27.3 Å². The van der Waals surface area contributed by atoms with Crippen molar-refractivity contribution in [1.82, 2.24) is 40.4 Å². The Kier molecular flexibility index (Phi) is 10.9. The average Bonchev–Trinajstić information content (AvgIpc) is 4.06. The van der Waals surface area contributed by atoms with E-state index in [-0.39, 0.29) is 35.7 Å². The molecule has 17 heteroatoms. The lowest BCUT2D eigenvalue weighted by atomic mass is 9.87. The van der Waals surface area contributed by atoms with Crippen LogP contribution in [0.5, 0.6) is 11.5 Å². The molecule has 0 aliphatic carbocycles. The van der Waals surface area contributed by atoms with Crippen molar-refractivity contribution in [3.8, 4) is 45.1 Å². The third kappa shape index (κ3) is 7.42. The smallest absolute Gasteiger partial charge is 0.407 e. The normalized spacial score (nSPS) is 18.9. The molecule has 4 unspecified atom stereocenters. The molecule has 2 saturated heterocycles. The van der Waals surface area contributed by atoms with Gasteiger partial charge in [0.15, 0.2) is 0 Å². The second-order valence-electron chi connectivity index (χ2n) is 16.2. The zero-order chi connectivity index (χ0) is 41.7. The molecule has 8 rings (SSSR count). The molecule has 4 N–H and O–H groups in total. The number of carbonyl (C=O) groups excluding carboxylic acids is 4. The number of methoxy groups -OCH3 is 2. The van der Waals surface area contributed by atoms with Crippen molar-refractivity contribution in [3.63, 3.8) is 0 Å². The maximum absolute atomic E-state index is 13.7. The first-order valence-electron chi connectivity index (χ1n) is 20.1. The summed E-state index contributed by atoms with van der Waals surface area (Å²) in [6.07, 6.45) is 3.52. The largest absolute Gasteiger partial charge is 0.488 e. The van der Waals surface area contributed by atoms with E-state index in [1.165, 1.54) is 14.2 Å². The first-order valence-corrected chi connectivity index (χ1v) is 20.4. The van der Waals surface area contributed by atoms with E-state index < -0.39 is 24.3 Å². The van der Waals surface area contributed by atoms with Crippen LogP contribution in [0.1, 0.15) is 88.2 Å². The van der Waals surface area contributed by atoms with Crippen LogP contribution in [0.15, 0.2) is 30.5 Å². The van der Waals surface area contributed by atoms with Crippen LogP contribution in [-0.2, 0) is 32.3 Å². The predicted molar refractivity (Wildman–Crippen MR) is 216 cm³/mol. The van der Waals surface area contributed by atoms with Crippen LogP contribution in [-0.4, -0.2) is 93.1 Å². The Morgan fingerprint density at radius 2 is 1.27 bits per heavy atom. The van der Waals surface area contributed by atoms with Crippen LogP contribution in [0.3, 0.4) is 0 Å². The van der Waals surface area contributed by atoms with Gasteiger partial charge in [-0.15, -0.1) is 0 Å². The highest BCUT2D eigenvalue weighted by Gasteiger charge is 2.40. The second-order valence-corrected chi connectivity index (χ2v) is 16.5. The molecule has 312 valence electrons. The van der Waals surface area contributed by atoms with Crippen molar-refractivity contribution < 1.29 is 38.1 Å². The van der Waals surface area contributed by atoms with E-state index >= 15 is 0 Å². The standard InChI is InChI=1S/C42H49ClN8O8/c1-20(2)33(47-41(54)56-5)39(52)50-11-7-9-27(50)37-44-17-26(45-37)22-13-24-18-59-30-16-23(14-25-19-58-29(15-22)31(24)32(25)30)35-36(43)49-38(46-35)28-10-8-12-51(28)40(53)34(21(3)4)48-42(55)57-6/h13-17,20-21,27-28,33-34H,7-12,18-19H2,1-6H3,(H,44,45)(H,46,49)(H,47,54)(H,48,55). The number of nitrogens with zero attached hydrogens (tertiary/aromatic N) is 4. The Labute approximate surface area is 346 Å². The summed E-state index contributed by atoms with van der Waals surface area (Å²) < 4.78 is 22.4. The summed E-state index contributed by atoms with van der Waals surface area (Å²) >= 11 is 6.84. The van der Waals surface area contributed by atoms with Crippen LogP contribution in [0.4, 0.5) is 9.59 Å². The second kappa shape index (κ2) is 16.1. The number of hydrogen-bond donors (Lipinski definition) is 4. The minimum atomic E-state index is -0.748. The van der Waals surface area contributed by atoms with Crippen LogP contribution in [0.2, 0.25) is 5.15 Å². The summed E-state index contributed by atoms with van der Waals surface area (Å²) in [5.74, 6) is 2.03. The van der Waals surface area contributed by atoms with Gasteiger partial charge in [-0.25, -0.2) is 19.6 Å². The maximum Gasteiger partial charge on any atom is 0.407 e. The molecule has 4 aliphatic heterocycles. The molecule has 2 aromatic heterocycles. The van der Waals surface area contributed by atoms with E-state index in [0.29, 0.717) is 61.0 Å². The molecule has 0 radical (unpaired) electrons. The van der Waals surface area contributed by atoms with Gasteiger partial charge in [0.05, 0.1) is 38.2 Å². The average molecular weight is 829 g/mol. The SMILES string of the molecule is COC(=O)NC(C(=O)N1CCCC1c1ncc(-c2cc3c4c(c2)OCc2cc(-c5nc(C6CCCN6C(=O)C(NC(=O)OC)C(C)C)[nH]c5Cl)cc(c2-4)OC3)[nH]1)C(C)C. The Balaban J connectivity index is 1.03. The molecule has 6 heterocycles. The quantitative estimate of drug-likeness (QED) is 0.134. The van der Waals surface area contributed by atoms with E-state index in [9.17, 15) is 19.2 Å². The first-order chi connectivity index (χ1) is 28.4. The van der Waals surface area contributed by atoms with Crippen LogP contribution in [0.25, 0.3) is 33.6 Å². The highest BCUT2D eigenvalue weighted by molar-refractivity contribution is 6.32. The van der Waals surface area contributed by atoms with Gasteiger partial charge in [-0.05, 0) is 61.8 Å². The molecule has 2 aromatic carbocycles. The molecule has 4 amide bonds. The molecule has 59 heavy (non-hydrogen) atoms. The molecular weight excluding hydrogens is 780 g/mol. The number of nitrogens with one attached hydrogen (secondary N) is 4. The lowest BCUT2D eigenvalue weighted by molar-refractivity contribution is -0.136. The van der Waals surface area contributed by atoms with E-state index in [0.717, 1.165) is 64.1 Å².